The monoisotopic (exact) mass is 328 g/mol. The molecule has 21 heavy (non-hydrogen) atoms. The maximum atomic E-state index is 9.68. The topological polar surface area (TPSA) is 93.3 Å². The van der Waals surface area contributed by atoms with Gasteiger partial charge in [0, 0.05) is 0 Å². The van der Waals surface area contributed by atoms with Crippen LogP contribution in [0.15, 0.2) is 23.6 Å². The van der Waals surface area contributed by atoms with E-state index in [9.17, 15) is 10.2 Å². The highest BCUT2D eigenvalue weighted by Gasteiger charge is 2.27. The average molecular weight is 329 g/mol. The van der Waals surface area contributed by atoms with Gasteiger partial charge in [-0.05, 0) is 12.3 Å². The number of nitrogens with zero attached hydrogens (tertiary/aromatic N) is 4. The zero-order valence-corrected chi connectivity index (χ0v) is 12.6. The van der Waals surface area contributed by atoms with E-state index in [4.69, 9.17) is 16.3 Å². The SMILES string of the molecule is CSc1nc(Cl)c2ncn(C3C=C[C@H](O)[C@@H](CO)O3)c2n1. The van der Waals surface area contributed by atoms with Crippen molar-refractivity contribution in [3.63, 3.8) is 0 Å². The fourth-order valence-corrected chi connectivity index (χ4v) is 2.71. The molecule has 112 valence electrons. The summed E-state index contributed by atoms with van der Waals surface area (Å²) >= 11 is 7.47. The third kappa shape index (κ3) is 2.65. The predicted molar refractivity (Wildman–Crippen MR) is 78.3 cm³/mol. The quantitative estimate of drug-likeness (QED) is 0.376. The lowest BCUT2D eigenvalue weighted by atomic mass is 10.1. The van der Waals surface area contributed by atoms with Crippen molar-refractivity contribution in [2.45, 2.75) is 23.6 Å². The molecule has 2 aromatic rings. The first kappa shape index (κ1) is 14.7. The molecular weight excluding hydrogens is 316 g/mol. The van der Waals surface area contributed by atoms with E-state index in [-0.39, 0.29) is 11.8 Å². The number of hydrogen-bond donors (Lipinski definition) is 2. The van der Waals surface area contributed by atoms with Crippen molar-refractivity contribution < 1.29 is 14.9 Å². The minimum absolute atomic E-state index is 0.277. The number of halogens is 1. The Morgan fingerprint density at radius 2 is 2.24 bits per heavy atom. The molecule has 1 aliphatic rings. The number of ether oxygens (including phenoxy) is 1. The molecule has 0 radical (unpaired) electrons. The van der Waals surface area contributed by atoms with Crippen LogP contribution < -0.4 is 0 Å². The van der Waals surface area contributed by atoms with Gasteiger partial charge >= 0.3 is 0 Å². The van der Waals surface area contributed by atoms with Crippen LogP contribution in [0.1, 0.15) is 6.23 Å². The zero-order chi connectivity index (χ0) is 15.0. The Hall–Kier alpha value is -1.19. The van der Waals surface area contributed by atoms with E-state index in [0.717, 1.165) is 0 Å². The van der Waals surface area contributed by atoms with Crippen molar-refractivity contribution in [1.29, 1.82) is 0 Å². The highest BCUT2D eigenvalue weighted by Crippen LogP contribution is 2.28. The second-order valence-corrected chi connectivity index (χ2v) is 5.58. The van der Waals surface area contributed by atoms with Crippen LogP contribution in [0.3, 0.4) is 0 Å². The summed E-state index contributed by atoms with van der Waals surface area (Å²) < 4.78 is 7.33. The summed E-state index contributed by atoms with van der Waals surface area (Å²) in [4.78, 5) is 12.7. The number of thioether (sulfide) groups is 1. The minimum Gasteiger partial charge on any atom is -0.394 e. The lowest BCUT2D eigenvalue weighted by Crippen LogP contribution is -2.36. The first-order valence-electron chi connectivity index (χ1n) is 6.21. The highest BCUT2D eigenvalue weighted by atomic mass is 35.5. The number of rotatable bonds is 3. The van der Waals surface area contributed by atoms with Crippen molar-refractivity contribution in [3.05, 3.63) is 23.6 Å². The average Bonchev–Trinajstić information content (AvgIpc) is 2.92. The van der Waals surface area contributed by atoms with Crippen LogP contribution in [-0.4, -0.2) is 54.8 Å². The molecule has 0 spiro atoms. The molecule has 2 aromatic heterocycles. The standard InChI is InChI=1S/C12H13ClN4O3S/c1-21-12-15-10(13)9-11(16-12)17(5-14-9)8-3-2-6(19)7(4-18)20-8/h2-3,5-8,18-19H,4H2,1H3/t6-,7+,8?/m0/s1. The Kier molecular flexibility index (Phi) is 4.14. The summed E-state index contributed by atoms with van der Waals surface area (Å²) in [5.74, 6) is 0. The van der Waals surface area contributed by atoms with Gasteiger partial charge in [-0.15, -0.1) is 0 Å². The smallest absolute Gasteiger partial charge is 0.190 e. The van der Waals surface area contributed by atoms with E-state index in [0.29, 0.717) is 16.3 Å². The van der Waals surface area contributed by atoms with Gasteiger partial charge in [-0.25, -0.2) is 15.0 Å². The van der Waals surface area contributed by atoms with E-state index >= 15 is 0 Å². The molecule has 0 amide bonds. The van der Waals surface area contributed by atoms with Crippen molar-refractivity contribution in [2.75, 3.05) is 12.9 Å². The molecule has 0 saturated heterocycles. The van der Waals surface area contributed by atoms with Gasteiger partial charge < -0.3 is 14.9 Å². The Morgan fingerprint density at radius 1 is 1.43 bits per heavy atom. The number of fused-ring (bicyclic) bond motifs is 1. The van der Waals surface area contributed by atoms with E-state index < -0.39 is 18.4 Å². The van der Waals surface area contributed by atoms with Gasteiger partial charge in [-0.1, -0.05) is 29.4 Å². The summed E-state index contributed by atoms with van der Waals surface area (Å²) in [5, 5.41) is 19.7. The maximum Gasteiger partial charge on any atom is 0.190 e. The van der Waals surface area contributed by atoms with Crippen LogP contribution in [0.25, 0.3) is 11.2 Å². The van der Waals surface area contributed by atoms with Crippen LogP contribution in [0.4, 0.5) is 0 Å². The Bertz CT molecular complexity index is 692. The lowest BCUT2D eigenvalue weighted by Gasteiger charge is -2.28. The van der Waals surface area contributed by atoms with E-state index in [1.165, 1.54) is 11.8 Å². The van der Waals surface area contributed by atoms with Gasteiger partial charge in [-0.3, -0.25) is 4.57 Å². The molecule has 0 aliphatic carbocycles. The van der Waals surface area contributed by atoms with Gasteiger partial charge in [0.1, 0.15) is 17.7 Å². The van der Waals surface area contributed by atoms with Gasteiger partial charge in [-0.2, -0.15) is 0 Å². The zero-order valence-electron chi connectivity index (χ0n) is 11.0. The summed E-state index contributed by atoms with van der Waals surface area (Å²) in [6, 6.07) is 0. The molecule has 3 atom stereocenters. The Balaban J connectivity index is 2.05. The molecule has 0 saturated carbocycles. The molecule has 0 aromatic carbocycles. The van der Waals surface area contributed by atoms with Crippen LogP contribution >= 0.6 is 23.4 Å². The van der Waals surface area contributed by atoms with Crippen LogP contribution in [0, 0.1) is 0 Å². The molecular formula is C12H13ClN4O3S. The van der Waals surface area contributed by atoms with Crippen molar-refractivity contribution in [2.24, 2.45) is 0 Å². The number of aromatic nitrogens is 4. The summed E-state index contributed by atoms with van der Waals surface area (Å²) in [6.07, 6.45) is 4.64. The van der Waals surface area contributed by atoms with Gasteiger partial charge in [0.05, 0.1) is 12.9 Å². The molecule has 2 N–H and O–H groups in total. The van der Waals surface area contributed by atoms with Crippen LogP contribution in [0.2, 0.25) is 5.15 Å². The van der Waals surface area contributed by atoms with Crippen molar-refractivity contribution >= 4 is 34.5 Å². The van der Waals surface area contributed by atoms with Crippen LogP contribution in [0.5, 0.6) is 0 Å². The predicted octanol–water partition coefficient (Wildman–Crippen LogP) is 1.01. The minimum atomic E-state index is -0.832. The first-order valence-corrected chi connectivity index (χ1v) is 7.81. The van der Waals surface area contributed by atoms with E-state index in [2.05, 4.69) is 15.0 Å². The third-order valence-electron chi connectivity index (χ3n) is 3.16. The highest BCUT2D eigenvalue weighted by molar-refractivity contribution is 7.98. The summed E-state index contributed by atoms with van der Waals surface area (Å²) in [5.41, 5.74) is 1.03. The molecule has 0 bridgehead atoms. The molecule has 7 nitrogen and oxygen atoms in total. The van der Waals surface area contributed by atoms with E-state index in [1.807, 2.05) is 6.26 Å². The second kappa shape index (κ2) is 5.90. The Morgan fingerprint density at radius 3 is 2.95 bits per heavy atom. The lowest BCUT2D eigenvalue weighted by molar-refractivity contribution is -0.102. The van der Waals surface area contributed by atoms with Gasteiger partial charge in [0.25, 0.3) is 0 Å². The van der Waals surface area contributed by atoms with Crippen molar-refractivity contribution in [3.8, 4) is 0 Å². The molecule has 9 heteroatoms. The maximum absolute atomic E-state index is 9.68. The number of aliphatic hydroxyl groups excluding tert-OH is 2. The molecule has 1 aliphatic heterocycles. The van der Waals surface area contributed by atoms with E-state index in [1.54, 1.807) is 23.0 Å². The number of aliphatic hydroxyl groups is 2. The summed E-state index contributed by atoms with van der Waals surface area (Å²) in [7, 11) is 0. The molecule has 0 fully saturated rings. The third-order valence-corrected chi connectivity index (χ3v) is 3.97. The largest absolute Gasteiger partial charge is 0.394 e. The molecule has 1 unspecified atom stereocenters. The van der Waals surface area contributed by atoms with Crippen molar-refractivity contribution in [1.82, 2.24) is 19.5 Å². The normalized spacial score (nSPS) is 25.6. The Labute approximate surface area is 129 Å². The molecule has 3 heterocycles. The number of imidazole rings is 1. The van der Waals surface area contributed by atoms with Crippen LogP contribution in [-0.2, 0) is 4.74 Å². The van der Waals surface area contributed by atoms with Gasteiger partial charge in [0.2, 0.25) is 0 Å². The fraction of sp³-hybridized carbons (Fsp3) is 0.417. The molecule has 3 rings (SSSR count). The fourth-order valence-electron chi connectivity index (χ4n) is 2.09. The number of hydrogen-bond acceptors (Lipinski definition) is 7. The van der Waals surface area contributed by atoms with Gasteiger partial charge in [0.15, 0.2) is 22.2 Å². The second-order valence-electron chi connectivity index (χ2n) is 4.45. The first-order chi connectivity index (χ1) is 10.1. The summed E-state index contributed by atoms with van der Waals surface area (Å²) in [6.45, 7) is -0.277.